The van der Waals surface area contributed by atoms with Crippen molar-refractivity contribution >= 4 is 29.1 Å². The van der Waals surface area contributed by atoms with E-state index in [9.17, 15) is 9.59 Å². The fourth-order valence-corrected chi connectivity index (χ4v) is 8.25. The first-order valence-corrected chi connectivity index (χ1v) is 11.2. The lowest BCUT2D eigenvalue weighted by Crippen LogP contribution is -2.33. The van der Waals surface area contributed by atoms with Gasteiger partial charge in [0.05, 0.1) is 12.1 Å². The van der Waals surface area contributed by atoms with Crippen LogP contribution in [0.15, 0.2) is 28.0 Å². The van der Waals surface area contributed by atoms with Crippen molar-refractivity contribution in [1.29, 1.82) is 0 Å². The maximum atomic E-state index is 12.1. The summed E-state index contributed by atoms with van der Waals surface area (Å²) in [4.78, 5) is 27.1. The highest BCUT2D eigenvalue weighted by molar-refractivity contribution is 8.00. The first kappa shape index (κ1) is 18.1. The molecule has 2 saturated carbocycles. The third-order valence-corrected chi connectivity index (χ3v) is 8.99. The maximum absolute atomic E-state index is 12.1. The largest absolute Gasteiger partial charge is 0.493 e. The fourth-order valence-electron chi connectivity index (χ4n) is 5.36. The van der Waals surface area contributed by atoms with E-state index in [4.69, 9.17) is 14.6 Å². The van der Waals surface area contributed by atoms with Gasteiger partial charge in [0.1, 0.15) is 0 Å². The molecule has 1 aromatic heterocycles. The molecule has 2 fully saturated rings. The number of carboxylic acid groups (broad SMARTS) is 1. The monoisotopic (exact) mass is 419 g/mol. The average molecular weight is 420 g/mol. The summed E-state index contributed by atoms with van der Waals surface area (Å²) in [5, 5.41) is 10.4. The molecule has 0 radical (unpaired) electrons. The number of methoxy groups -OCH3 is 1. The summed E-state index contributed by atoms with van der Waals surface area (Å²) in [6.45, 7) is -0.409. The summed E-state index contributed by atoms with van der Waals surface area (Å²) in [7, 11) is 1.56. The smallest absolute Gasteiger partial charge is 0.341 e. The summed E-state index contributed by atoms with van der Waals surface area (Å²) in [6, 6.07) is 5.74. The van der Waals surface area contributed by atoms with Crippen LogP contribution < -0.4 is 14.3 Å². The summed E-state index contributed by atoms with van der Waals surface area (Å²) in [5.74, 6) is 2.06. The number of hydrogen-bond donors (Lipinski definition) is 2. The first-order valence-electron chi connectivity index (χ1n) is 9.47. The lowest BCUT2D eigenvalue weighted by Gasteiger charge is -2.40. The SMILES string of the molecule is COc1cc([C@H]2c3sc(=O)[nH]c3S[C@H]3[C@@H]4CC[C@@H](C4)[C@H]23)ccc1OCC(=O)O. The number of aromatic amines is 1. The van der Waals surface area contributed by atoms with Crippen molar-refractivity contribution < 1.29 is 19.4 Å². The third kappa shape index (κ3) is 2.85. The Morgan fingerprint density at radius 2 is 2.11 bits per heavy atom. The van der Waals surface area contributed by atoms with Crippen LogP contribution in [0.25, 0.3) is 0 Å². The van der Waals surface area contributed by atoms with E-state index in [2.05, 4.69) is 4.98 Å². The number of benzene rings is 1. The molecule has 8 heteroatoms. The molecule has 0 amide bonds. The van der Waals surface area contributed by atoms with Gasteiger partial charge in [-0.3, -0.25) is 4.79 Å². The summed E-state index contributed by atoms with van der Waals surface area (Å²) in [6.07, 6.45) is 3.85. The van der Waals surface area contributed by atoms with Crippen LogP contribution in [0.3, 0.4) is 0 Å². The second-order valence-electron chi connectivity index (χ2n) is 7.77. The average Bonchev–Trinajstić information content (AvgIpc) is 3.38. The van der Waals surface area contributed by atoms with E-state index in [1.54, 1.807) is 13.2 Å². The summed E-state index contributed by atoms with van der Waals surface area (Å²) < 4.78 is 10.8. The number of rotatable bonds is 5. The highest BCUT2D eigenvalue weighted by atomic mass is 32.2. The number of carbonyl (C=O) groups is 1. The van der Waals surface area contributed by atoms with Crippen LogP contribution in [-0.2, 0) is 4.79 Å². The van der Waals surface area contributed by atoms with Gasteiger partial charge in [0.25, 0.3) is 0 Å². The van der Waals surface area contributed by atoms with Crippen LogP contribution in [0, 0.1) is 17.8 Å². The Labute approximate surface area is 170 Å². The maximum Gasteiger partial charge on any atom is 0.341 e. The molecule has 1 aromatic carbocycles. The van der Waals surface area contributed by atoms with Gasteiger partial charge in [-0.2, -0.15) is 0 Å². The Kier molecular flexibility index (Phi) is 4.43. The second kappa shape index (κ2) is 6.84. The minimum atomic E-state index is -1.03. The van der Waals surface area contributed by atoms with Crippen molar-refractivity contribution in [1.82, 2.24) is 4.98 Å². The van der Waals surface area contributed by atoms with Gasteiger partial charge >= 0.3 is 10.8 Å². The molecule has 28 heavy (non-hydrogen) atoms. The molecule has 2 heterocycles. The lowest BCUT2D eigenvalue weighted by molar-refractivity contribution is -0.139. The molecule has 3 aliphatic rings. The highest BCUT2D eigenvalue weighted by Gasteiger charge is 2.54. The number of aromatic nitrogens is 1. The van der Waals surface area contributed by atoms with Gasteiger partial charge in [0.2, 0.25) is 0 Å². The van der Waals surface area contributed by atoms with Crippen LogP contribution in [0.5, 0.6) is 11.5 Å². The molecule has 1 aliphatic heterocycles. The van der Waals surface area contributed by atoms with E-state index in [0.29, 0.717) is 28.6 Å². The first-order chi connectivity index (χ1) is 13.5. The summed E-state index contributed by atoms with van der Waals surface area (Å²) >= 11 is 3.19. The van der Waals surface area contributed by atoms with Crippen molar-refractivity contribution in [2.45, 2.75) is 35.5 Å². The molecule has 148 valence electrons. The van der Waals surface area contributed by atoms with Crippen LogP contribution in [0.1, 0.15) is 35.6 Å². The summed E-state index contributed by atoms with van der Waals surface area (Å²) in [5.41, 5.74) is 1.11. The number of thiazole rings is 1. The van der Waals surface area contributed by atoms with Gasteiger partial charge in [-0.25, -0.2) is 4.79 Å². The van der Waals surface area contributed by atoms with E-state index < -0.39 is 12.6 Å². The zero-order valence-corrected chi connectivity index (χ0v) is 17.0. The molecule has 6 nitrogen and oxygen atoms in total. The number of aliphatic carboxylic acids is 1. The van der Waals surface area contributed by atoms with Crippen LogP contribution in [-0.4, -0.2) is 35.0 Å². The zero-order chi connectivity index (χ0) is 19.4. The number of hydrogen-bond acceptors (Lipinski definition) is 6. The third-order valence-electron chi connectivity index (χ3n) is 6.36. The van der Waals surface area contributed by atoms with E-state index in [1.807, 2.05) is 23.9 Å². The quantitative estimate of drug-likeness (QED) is 0.770. The molecule has 0 spiro atoms. The molecule has 0 unspecified atom stereocenters. The topological polar surface area (TPSA) is 88.6 Å². The van der Waals surface area contributed by atoms with Crippen molar-refractivity contribution in [2.75, 3.05) is 13.7 Å². The lowest BCUT2D eigenvalue weighted by atomic mass is 9.75. The predicted molar refractivity (Wildman–Crippen MR) is 107 cm³/mol. The molecule has 5 atom stereocenters. The molecule has 2 bridgehead atoms. The number of carboxylic acids is 1. The minimum absolute atomic E-state index is 0.00296. The molecule has 2 aromatic rings. The second-order valence-corrected chi connectivity index (χ2v) is 9.97. The number of nitrogens with one attached hydrogen (secondary N) is 1. The number of fused-ring (bicyclic) bond motifs is 6. The van der Waals surface area contributed by atoms with Gasteiger partial charge in [-0.15, -0.1) is 11.8 Å². The molecule has 2 aliphatic carbocycles. The zero-order valence-electron chi connectivity index (χ0n) is 15.3. The van der Waals surface area contributed by atoms with Crippen molar-refractivity contribution in [2.24, 2.45) is 17.8 Å². The standard InChI is InChI=1S/C20H21NO5S2/c1-25-13-7-10(4-5-12(13)26-8-14(22)23)16-15-9-2-3-11(6-9)17(15)27-19-18(16)28-20(24)21-19/h4-5,7,9,11,15-17H,2-3,6,8H2,1H3,(H,21,24)(H,22,23)/t9-,11+,15+,16+,17-/m0/s1. The number of H-pyrrole nitrogens is 1. The van der Waals surface area contributed by atoms with Crippen molar-refractivity contribution in [3.8, 4) is 11.5 Å². The number of thioether (sulfide) groups is 1. The van der Waals surface area contributed by atoms with Gasteiger partial charge in [0, 0.05) is 16.0 Å². The normalized spacial score (nSPS) is 30.0. The Morgan fingerprint density at radius 1 is 1.29 bits per heavy atom. The van der Waals surface area contributed by atoms with Crippen LogP contribution >= 0.6 is 23.1 Å². The number of ether oxygens (including phenoxy) is 2. The van der Waals surface area contributed by atoms with Gasteiger partial charge in [0.15, 0.2) is 18.1 Å². The van der Waals surface area contributed by atoms with Crippen LogP contribution in [0.4, 0.5) is 0 Å². The Hall–Kier alpha value is -1.93. The van der Waals surface area contributed by atoms with E-state index in [1.165, 1.54) is 30.6 Å². The molecular formula is C20H21NO5S2. The van der Waals surface area contributed by atoms with Gasteiger partial charge in [-0.1, -0.05) is 17.4 Å². The van der Waals surface area contributed by atoms with E-state index in [-0.39, 0.29) is 10.8 Å². The highest BCUT2D eigenvalue weighted by Crippen LogP contribution is 2.63. The van der Waals surface area contributed by atoms with E-state index >= 15 is 0 Å². The minimum Gasteiger partial charge on any atom is -0.493 e. The fraction of sp³-hybridized carbons (Fsp3) is 0.500. The van der Waals surface area contributed by atoms with Crippen molar-refractivity contribution in [3.63, 3.8) is 0 Å². The van der Waals surface area contributed by atoms with E-state index in [0.717, 1.165) is 21.4 Å². The Balaban J connectivity index is 1.56. The molecular weight excluding hydrogens is 398 g/mol. The van der Waals surface area contributed by atoms with Gasteiger partial charge in [-0.05, 0) is 54.7 Å². The van der Waals surface area contributed by atoms with Gasteiger partial charge < -0.3 is 19.6 Å². The molecule has 5 rings (SSSR count). The van der Waals surface area contributed by atoms with Crippen molar-refractivity contribution in [3.05, 3.63) is 38.3 Å². The molecule has 0 saturated heterocycles. The van der Waals surface area contributed by atoms with Crippen LogP contribution in [0.2, 0.25) is 0 Å². The molecule has 2 N–H and O–H groups in total. The Morgan fingerprint density at radius 3 is 2.89 bits per heavy atom. The predicted octanol–water partition coefficient (Wildman–Crippen LogP) is 3.56. The Bertz CT molecular complexity index is 983.